The van der Waals surface area contributed by atoms with Crippen molar-refractivity contribution in [1.29, 1.82) is 0 Å². The lowest BCUT2D eigenvalue weighted by Gasteiger charge is -2.05. The van der Waals surface area contributed by atoms with E-state index >= 15 is 0 Å². The van der Waals surface area contributed by atoms with Gasteiger partial charge >= 0.3 is 0 Å². The first kappa shape index (κ1) is 11.4. The van der Waals surface area contributed by atoms with Crippen molar-refractivity contribution in [3.05, 3.63) is 45.7 Å². The van der Waals surface area contributed by atoms with E-state index in [9.17, 15) is 4.79 Å². The molecule has 3 nitrogen and oxygen atoms in total. The van der Waals surface area contributed by atoms with Gasteiger partial charge in [-0.15, -0.1) is 22.7 Å². The van der Waals surface area contributed by atoms with Crippen LogP contribution >= 0.6 is 22.7 Å². The molecule has 1 N–H and O–H groups in total. The molecular weight excluding hydrogens is 264 g/mol. The second kappa shape index (κ2) is 4.51. The zero-order valence-electron chi connectivity index (χ0n) is 9.64. The standard InChI is InChI=1S/C13H10N2OS2/c1-8-11(3-5-17-8)15-13(16)10-6-14-7-12-9(10)2-4-18-12/h2-7H,1H3,(H,15,16). The van der Waals surface area contributed by atoms with Crippen molar-refractivity contribution in [1.82, 2.24) is 4.98 Å². The molecule has 0 spiro atoms. The fraction of sp³-hybridized carbons (Fsp3) is 0.0769. The number of hydrogen-bond donors (Lipinski definition) is 1. The Kier molecular flexibility index (Phi) is 2.85. The van der Waals surface area contributed by atoms with Crippen LogP contribution in [0.5, 0.6) is 0 Å². The molecule has 5 heteroatoms. The third-order valence-electron chi connectivity index (χ3n) is 2.73. The summed E-state index contributed by atoms with van der Waals surface area (Å²) in [5, 5.41) is 7.82. The largest absolute Gasteiger partial charge is 0.321 e. The average Bonchev–Trinajstić information content (AvgIpc) is 2.98. The Bertz CT molecular complexity index is 714. The molecule has 0 fully saturated rings. The highest BCUT2D eigenvalue weighted by Crippen LogP contribution is 2.25. The maximum atomic E-state index is 12.2. The van der Waals surface area contributed by atoms with Crippen LogP contribution < -0.4 is 5.32 Å². The number of aryl methyl sites for hydroxylation is 1. The number of hydrogen-bond acceptors (Lipinski definition) is 4. The molecule has 0 aliphatic heterocycles. The highest BCUT2D eigenvalue weighted by molar-refractivity contribution is 7.17. The van der Waals surface area contributed by atoms with Crippen molar-refractivity contribution in [3.63, 3.8) is 0 Å². The minimum atomic E-state index is -0.104. The highest BCUT2D eigenvalue weighted by atomic mass is 32.1. The van der Waals surface area contributed by atoms with Gasteiger partial charge in [0.2, 0.25) is 0 Å². The molecule has 0 unspecified atom stereocenters. The molecule has 3 rings (SSSR count). The van der Waals surface area contributed by atoms with E-state index in [4.69, 9.17) is 0 Å². The van der Waals surface area contributed by atoms with Gasteiger partial charge in [-0.1, -0.05) is 0 Å². The summed E-state index contributed by atoms with van der Waals surface area (Å²) in [6, 6.07) is 3.87. The first-order valence-corrected chi connectivity index (χ1v) is 7.18. The van der Waals surface area contributed by atoms with Gasteiger partial charge in [0.1, 0.15) is 0 Å². The lowest BCUT2D eigenvalue weighted by Crippen LogP contribution is -2.12. The van der Waals surface area contributed by atoms with E-state index in [2.05, 4.69) is 10.3 Å². The molecule has 0 atom stereocenters. The van der Waals surface area contributed by atoms with Crippen molar-refractivity contribution < 1.29 is 4.79 Å². The molecule has 18 heavy (non-hydrogen) atoms. The van der Waals surface area contributed by atoms with Gasteiger partial charge in [-0.05, 0) is 29.8 Å². The third kappa shape index (κ3) is 1.91. The molecule has 0 saturated heterocycles. The number of rotatable bonds is 2. The lowest BCUT2D eigenvalue weighted by atomic mass is 10.2. The van der Waals surface area contributed by atoms with E-state index in [1.54, 1.807) is 35.1 Å². The van der Waals surface area contributed by atoms with Crippen molar-refractivity contribution in [3.8, 4) is 0 Å². The summed E-state index contributed by atoms with van der Waals surface area (Å²) in [6.45, 7) is 1.99. The normalized spacial score (nSPS) is 10.7. The zero-order chi connectivity index (χ0) is 12.5. The average molecular weight is 274 g/mol. The highest BCUT2D eigenvalue weighted by Gasteiger charge is 2.12. The van der Waals surface area contributed by atoms with Gasteiger partial charge in [0, 0.05) is 22.7 Å². The summed E-state index contributed by atoms with van der Waals surface area (Å²) < 4.78 is 1.03. The number of carbonyl (C=O) groups excluding carboxylic acids is 1. The predicted molar refractivity (Wildman–Crippen MR) is 76.6 cm³/mol. The number of pyridine rings is 1. The molecule has 0 radical (unpaired) electrons. The second-order valence-electron chi connectivity index (χ2n) is 3.86. The number of nitrogens with zero attached hydrogens (tertiary/aromatic N) is 1. The van der Waals surface area contributed by atoms with Crippen LogP contribution in [0, 0.1) is 6.92 Å². The first-order chi connectivity index (χ1) is 8.75. The molecule has 1 amide bonds. The van der Waals surface area contributed by atoms with Gasteiger partial charge in [-0.25, -0.2) is 0 Å². The monoisotopic (exact) mass is 274 g/mol. The van der Waals surface area contributed by atoms with Crippen LogP contribution in [-0.2, 0) is 0 Å². The Balaban J connectivity index is 1.97. The molecule has 90 valence electrons. The SMILES string of the molecule is Cc1sccc1NC(=O)c1cncc2sccc12. The van der Waals surface area contributed by atoms with E-state index in [-0.39, 0.29) is 5.91 Å². The number of anilines is 1. The molecule has 0 bridgehead atoms. The first-order valence-electron chi connectivity index (χ1n) is 5.42. The van der Waals surface area contributed by atoms with E-state index < -0.39 is 0 Å². The maximum Gasteiger partial charge on any atom is 0.257 e. The van der Waals surface area contributed by atoms with Crippen molar-refractivity contribution >= 4 is 44.4 Å². The van der Waals surface area contributed by atoms with Gasteiger partial charge in [0.05, 0.1) is 16.0 Å². The van der Waals surface area contributed by atoms with Crippen molar-refractivity contribution in [2.75, 3.05) is 5.32 Å². The Morgan fingerprint density at radius 2 is 2.06 bits per heavy atom. The van der Waals surface area contributed by atoms with Crippen molar-refractivity contribution in [2.24, 2.45) is 0 Å². The number of aromatic nitrogens is 1. The second-order valence-corrected chi connectivity index (χ2v) is 5.93. The summed E-state index contributed by atoms with van der Waals surface area (Å²) in [5.41, 5.74) is 1.50. The number of amides is 1. The zero-order valence-corrected chi connectivity index (χ0v) is 11.3. The lowest BCUT2D eigenvalue weighted by molar-refractivity contribution is 0.102. The molecule has 0 saturated carbocycles. The number of thiophene rings is 2. The number of carbonyl (C=O) groups is 1. The van der Waals surface area contributed by atoms with Gasteiger partial charge < -0.3 is 5.32 Å². The van der Waals surface area contributed by atoms with Gasteiger partial charge in [-0.2, -0.15) is 0 Å². The summed E-state index contributed by atoms with van der Waals surface area (Å²) in [6.07, 6.45) is 3.40. The fourth-order valence-corrected chi connectivity index (χ4v) is 3.21. The minimum Gasteiger partial charge on any atom is -0.321 e. The van der Waals surface area contributed by atoms with Crippen LogP contribution in [0.2, 0.25) is 0 Å². The molecule has 0 aliphatic carbocycles. The Morgan fingerprint density at radius 3 is 2.83 bits per heavy atom. The van der Waals surface area contributed by atoms with Gasteiger partial charge in [-0.3, -0.25) is 9.78 Å². The third-order valence-corrected chi connectivity index (χ3v) is 4.43. The summed E-state index contributed by atoms with van der Waals surface area (Å²) in [7, 11) is 0. The molecule has 3 aromatic rings. The molecule has 0 aromatic carbocycles. The van der Waals surface area contributed by atoms with E-state index in [0.29, 0.717) is 5.56 Å². The Labute approximate surface area is 112 Å². The van der Waals surface area contributed by atoms with Crippen LogP contribution in [0.3, 0.4) is 0 Å². The summed E-state index contributed by atoms with van der Waals surface area (Å²) >= 11 is 3.21. The van der Waals surface area contributed by atoms with Crippen molar-refractivity contribution in [2.45, 2.75) is 6.92 Å². The molecule has 0 aliphatic rings. The van der Waals surface area contributed by atoms with E-state index in [1.165, 1.54) is 0 Å². The molecule has 3 heterocycles. The van der Waals surface area contributed by atoms with E-state index in [0.717, 1.165) is 20.7 Å². The predicted octanol–water partition coefficient (Wildman–Crippen LogP) is 3.92. The van der Waals surface area contributed by atoms with Crippen LogP contribution in [0.25, 0.3) is 10.1 Å². The quantitative estimate of drug-likeness (QED) is 0.769. The Hall–Kier alpha value is -1.72. The van der Waals surface area contributed by atoms with Crippen LogP contribution in [0.15, 0.2) is 35.3 Å². The smallest absolute Gasteiger partial charge is 0.257 e. The Morgan fingerprint density at radius 1 is 1.22 bits per heavy atom. The van der Waals surface area contributed by atoms with Gasteiger partial charge in [0.25, 0.3) is 5.91 Å². The van der Waals surface area contributed by atoms with Crippen LogP contribution in [0.1, 0.15) is 15.2 Å². The van der Waals surface area contributed by atoms with Crippen LogP contribution in [-0.4, -0.2) is 10.9 Å². The van der Waals surface area contributed by atoms with Gasteiger partial charge in [0.15, 0.2) is 0 Å². The molecular formula is C13H10N2OS2. The summed E-state index contributed by atoms with van der Waals surface area (Å²) in [4.78, 5) is 17.4. The number of nitrogens with one attached hydrogen (secondary N) is 1. The maximum absolute atomic E-state index is 12.2. The minimum absolute atomic E-state index is 0.104. The molecule has 3 aromatic heterocycles. The number of fused-ring (bicyclic) bond motifs is 1. The van der Waals surface area contributed by atoms with Crippen LogP contribution in [0.4, 0.5) is 5.69 Å². The fourth-order valence-electron chi connectivity index (χ4n) is 1.78. The topological polar surface area (TPSA) is 42.0 Å². The van der Waals surface area contributed by atoms with E-state index in [1.807, 2.05) is 29.8 Å². The summed E-state index contributed by atoms with van der Waals surface area (Å²) in [5.74, 6) is -0.104.